The molecule has 1 aliphatic rings. The van der Waals surface area contributed by atoms with Crippen molar-refractivity contribution in [3.05, 3.63) is 46.5 Å². The third-order valence-electron chi connectivity index (χ3n) is 3.69. The summed E-state index contributed by atoms with van der Waals surface area (Å²) in [6, 6.07) is 7.77. The molecular weight excluding hydrogens is 240 g/mol. The molecule has 19 heavy (non-hydrogen) atoms. The summed E-state index contributed by atoms with van der Waals surface area (Å²) in [5, 5.41) is 3.35. The van der Waals surface area contributed by atoms with Crippen LogP contribution in [0.1, 0.15) is 12.1 Å². The molecule has 0 amide bonds. The lowest BCUT2D eigenvalue weighted by Gasteiger charge is -2.22. The Labute approximate surface area is 111 Å². The van der Waals surface area contributed by atoms with Gasteiger partial charge in [0.25, 0.3) is 5.56 Å². The minimum Gasteiger partial charge on any atom is -0.315 e. The summed E-state index contributed by atoms with van der Waals surface area (Å²) in [6.07, 6.45) is 2.90. The molecule has 0 saturated carbocycles. The van der Waals surface area contributed by atoms with Crippen molar-refractivity contribution in [3.8, 4) is 0 Å². The fourth-order valence-corrected chi connectivity index (χ4v) is 2.58. The Bertz CT molecular complexity index is 631. The number of rotatable bonds is 3. The van der Waals surface area contributed by atoms with E-state index < -0.39 is 0 Å². The third kappa shape index (κ3) is 2.52. The van der Waals surface area contributed by atoms with E-state index in [0.717, 1.165) is 25.2 Å². The van der Waals surface area contributed by atoms with E-state index in [1.807, 2.05) is 18.2 Å². The summed E-state index contributed by atoms with van der Waals surface area (Å²) in [5.41, 5.74) is 1.53. The van der Waals surface area contributed by atoms with Gasteiger partial charge in [-0.1, -0.05) is 6.07 Å². The van der Waals surface area contributed by atoms with Crippen molar-refractivity contribution >= 4 is 5.65 Å². The van der Waals surface area contributed by atoms with Crippen molar-refractivity contribution in [2.75, 3.05) is 20.1 Å². The third-order valence-corrected chi connectivity index (χ3v) is 3.69. The number of hydrogen-bond donors (Lipinski definition) is 1. The summed E-state index contributed by atoms with van der Waals surface area (Å²) >= 11 is 0. The zero-order valence-corrected chi connectivity index (χ0v) is 11.0. The van der Waals surface area contributed by atoms with Gasteiger partial charge in [0, 0.05) is 31.4 Å². The van der Waals surface area contributed by atoms with Crippen LogP contribution >= 0.6 is 0 Å². The van der Waals surface area contributed by atoms with Crippen LogP contribution in [-0.2, 0) is 6.54 Å². The Morgan fingerprint density at radius 3 is 3.21 bits per heavy atom. The van der Waals surface area contributed by atoms with E-state index in [1.54, 1.807) is 16.7 Å². The molecule has 0 aromatic carbocycles. The van der Waals surface area contributed by atoms with E-state index in [0.29, 0.717) is 18.2 Å². The zero-order chi connectivity index (χ0) is 13.2. The van der Waals surface area contributed by atoms with Crippen molar-refractivity contribution in [3.63, 3.8) is 0 Å². The summed E-state index contributed by atoms with van der Waals surface area (Å²) in [6.45, 7) is 2.80. The summed E-state index contributed by atoms with van der Waals surface area (Å²) in [7, 11) is 2.09. The molecule has 3 rings (SSSR count). The number of aromatic nitrogens is 2. The molecule has 1 unspecified atom stereocenters. The van der Waals surface area contributed by atoms with Gasteiger partial charge < -0.3 is 5.32 Å². The van der Waals surface area contributed by atoms with Crippen molar-refractivity contribution < 1.29 is 0 Å². The van der Waals surface area contributed by atoms with E-state index in [1.165, 1.54) is 0 Å². The molecule has 100 valence electrons. The highest BCUT2D eigenvalue weighted by Crippen LogP contribution is 2.09. The summed E-state index contributed by atoms with van der Waals surface area (Å²) in [4.78, 5) is 18.8. The zero-order valence-electron chi connectivity index (χ0n) is 11.0. The second-order valence-electron chi connectivity index (χ2n) is 5.08. The molecule has 5 nitrogen and oxygen atoms in total. The molecule has 1 fully saturated rings. The maximum atomic E-state index is 12.0. The Morgan fingerprint density at radius 2 is 2.42 bits per heavy atom. The van der Waals surface area contributed by atoms with E-state index in [2.05, 4.69) is 22.2 Å². The second kappa shape index (κ2) is 5.11. The van der Waals surface area contributed by atoms with Gasteiger partial charge in [0.15, 0.2) is 0 Å². The van der Waals surface area contributed by atoms with Crippen molar-refractivity contribution in [1.82, 2.24) is 19.6 Å². The first-order valence-electron chi connectivity index (χ1n) is 6.62. The van der Waals surface area contributed by atoms with Crippen LogP contribution in [0, 0.1) is 0 Å². The van der Waals surface area contributed by atoms with Gasteiger partial charge in [-0.15, -0.1) is 0 Å². The highest BCUT2D eigenvalue weighted by atomic mass is 16.1. The van der Waals surface area contributed by atoms with Crippen LogP contribution in [0.5, 0.6) is 0 Å². The lowest BCUT2D eigenvalue weighted by atomic mass is 10.2. The van der Waals surface area contributed by atoms with Crippen LogP contribution in [0.15, 0.2) is 35.3 Å². The lowest BCUT2D eigenvalue weighted by molar-refractivity contribution is 0.246. The highest BCUT2D eigenvalue weighted by Gasteiger charge is 2.19. The van der Waals surface area contributed by atoms with Gasteiger partial charge in [0.2, 0.25) is 0 Å². The van der Waals surface area contributed by atoms with E-state index >= 15 is 0 Å². The number of pyridine rings is 1. The maximum absolute atomic E-state index is 12.0. The molecule has 2 aromatic rings. The molecule has 0 aliphatic carbocycles. The number of fused-ring (bicyclic) bond motifs is 1. The molecular formula is C14H18N4O. The predicted molar refractivity (Wildman–Crippen MR) is 74.2 cm³/mol. The molecule has 0 spiro atoms. The first kappa shape index (κ1) is 12.3. The van der Waals surface area contributed by atoms with Gasteiger partial charge in [0.05, 0.1) is 5.69 Å². The van der Waals surface area contributed by atoms with Gasteiger partial charge in [-0.2, -0.15) is 0 Å². The SMILES string of the molecule is CN(Cc1cc(=O)n2ccccc2n1)C1CCNC1. The number of hydrogen-bond acceptors (Lipinski definition) is 4. The molecule has 2 aromatic heterocycles. The van der Waals surface area contributed by atoms with Gasteiger partial charge in [-0.3, -0.25) is 14.1 Å². The normalized spacial score (nSPS) is 19.4. The second-order valence-corrected chi connectivity index (χ2v) is 5.08. The van der Waals surface area contributed by atoms with Gasteiger partial charge in [-0.25, -0.2) is 4.98 Å². The average molecular weight is 258 g/mol. The molecule has 1 atom stereocenters. The maximum Gasteiger partial charge on any atom is 0.258 e. The minimum atomic E-state index is -0.0152. The van der Waals surface area contributed by atoms with Gasteiger partial charge in [-0.05, 0) is 32.1 Å². The van der Waals surface area contributed by atoms with Crippen LogP contribution in [0.4, 0.5) is 0 Å². The molecule has 1 saturated heterocycles. The number of likely N-dealkylation sites (N-methyl/N-ethyl adjacent to an activating group) is 1. The topological polar surface area (TPSA) is 49.6 Å². The number of nitrogens with zero attached hydrogens (tertiary/aromatic N) is 3. The fraction of sp³-hybridized carbons (Fsp3) is 0.429. The smallest absolute Gasteiger partial charge is 0.258 e. The van der Waals surface area contributed by atoms with E-state index in [-0.39, 0.29) is 5.56 Å². The molecule has 1 aliphatic heterocycles. The molecule has 0 radical (unpaired) electrons. The Hall–Kier alpha value is -1.72. The minimum absolute atomic E-state index is 0.0152. The largest absolute Gasteiger partial charge is 0.315 e. The molecule has 0 bridgehead atoms. The Balaban J connectivity index is 1.86. The van der Waals surface area contributed by atoms with Crippen LogP contribution in [0.3, 0.4) is 0 Å². The van der Waals surface area contributed by atoms with Crippen LogP contribution in [0.25, 0.3) is 5.65 Å². The molecule has 5 heteroatoms. The first-order chi connectivity index (χ1) is 9.24. The van der Waals surface area contributed by atoms with Gasteiger partial charge >= 0.3 is 0 Å². The first-order valence-corrected chi connectivity index (χ1v) is 6.62. The van der Waals surface area contributed by atoms with Crippen LogP contribution < -0.4 is 10.9 Å². The fourth-order valence-electron chi connectivity index (χ4n) is 2.58. The summed E-state index contributed by atoms with van der Waals surface area (Å²) < 4.78 is 1.57. The monoisotopic (exact) mass is 258 g/mol. The molecule has 3 heterocycles. The highest BCUT2D eigenvalue weighted by molar-refractivity contribution is 5.37. The van der Waals surface area contributed by atoms with Gasteiger partial charge in [0.1, 0.15) is 5.65 Å². The Morgan fingerprint density at radius 1 is 1.53 bits per heavy atom. The predicted octanol–water partition coefficient (Wildman–Crippen LogP) is 0.488. The lowest BCUT2D eigenvalue weighted by Crippen LogP contribution is -2.33. The van der Waals surface area contributed by atoms with E-state index in [4.69, 9.17) is 0 Å². The summed E-state index contributed by atoms with van der Waals surface area (Å²) in [5.74, 6) is 0. The average Bonchev–Trinajstić information content (AvgIpc) is 2.93. The standard InChI is InChI=1S/C14H18N4O/c1-17(12-5-6-15-9-12)10-11-8-14(19)18-7-3-2-4-13(18)16-11/h2-4,7-8,12,15H,5-6,9-10H2,1H3. The Kier molecular flexibility index (Phi) is 3.31. The van der Waals surface area contributed by atoms with Crippen molar-refractivity contribution in [2.24, 2.45) is 0 Å². The van der Waals surface area contributed by atoms with E-state index in [9.17, 15) is 4.79 Å². The quantitative estimate of drug-likeness (QED) is 0.870. The van der Waals surface area contributed by atoms with Crippen molar-refractivity contribution in [2.45, 2.75) is 19.0 Å². The molecule has 1 N–H and O–H groups in total. The van der Waals surface area contributed by atoms with Crippen LogP contribution in [0.2, 0.25) is 0 Å². The van der Waals surface area contributed by atoms with Crippen molar-refractivity contribution in [1.29, 1.82) is 0 Å². The number of nitrogens with one attached hydrogen (secondary N) is 1. The van der Waals surface area contributed by atoms with Crippen LogP contribution in [-0.4, -0.2) is 40.5 Å².